The molecule has 28 heavy (non-hydrogen) atoms. The Kier molecular flexibility index (Phi) is 15.0. The maximum absolute atomic E-state index is 3.56. The van der Waals surface area contributed by atoms with Crippen LogP contribution in [0.3, 0.4) is 0 Å². The van der Waals surface area contributed by atoms with Crippen LogP contribution in [0.4, 0.5) is 11.4 Å². The summed E-state index contributed by atoms with van der Waals surface area (Å²) in [6, 6.07) is 8.94. The molecule has 6 heteroatoms. The predicted molar refractivity (Wildman–Crippen MR) is 111 cm³/mol. The van der Waals surface area contributed by atoms with Crippen LogP contribution in [0.2, 0.25) is 0 Å². The third-order valence-corrected chi connectivity index (χ3v) is 4.56. The van der Waals surface area contributed by atoms with Crippen molar-refractivity contribution in [3.63, 3.8) is 0 Å². The van der Waals surface area contributed by atoms with E-state index in [1.165, 1.54) is 44.8 Å². The first-order chi connectivity index (χ1) is 11.9. The number of halogens is 2. The minimum atomic E-state index is 0. The summed E-state index contributed by atoms with van der Waals surface area (Å²) in [6.07, 6.45) is 0. The molecule has 0 aromatic heterocycles. The molecule has 3 N–H and O–H groups in total. The molecule has 0 heterocycles. The molecular weight excluding hydrogens is 567 g/mol. The van der Waals surface area contributed by atoms with Crippen LogP contribution in [0.1, 0.15) is 33.4 Å². The Hall–Kier alpha value is -0.784. The number of hydrogen-bond acceptors (Lipinski definition) is 3. The van der Waals surface area contributed by atoms with Crippen molar-refractivity contribution < 1.29 is 44.6 Å². The van der Waals surface area contributed by atoms with E-state index in [2.05, 4.69) is 81.8 Å². The van der Waals surface area contributed by atoms with E-state index in [0.29, 0.717) is 0 Å². The smallest absolute Gasteiger partial charge is 1.00 e. The van der Waals surface area contributed by atoms with E-state index in [-0.39, 0.29) is 44.6 Å². The molecule has 0 saturated heterocycles. The summed E-state index contributed by atoms with van der Waals surface area (Å²) < 4.78 is 0. The van der Waals surface area contributed by atoms with Gasteiger partial charge in [0.25, 0.3) is 0 Å². The summed E-state index contributed by atoms with van der Waals surface area (Å²) in [6.45, 7) is 16.8. The summed E-state index contributed by atoms with van der Waals surface area (Å²) in [5, 5.41) is 10.6. The van der Waals surface area contributed by atoms with E-state index >= 15 is 0 Å². The molecule has 0 radical (unpaired) electrons. The monoisotopic (exact) mass is 601 g/mol. The Morgan fingerprint density at radius 2 is 0.821 bits per heavy atom. The van der Waals surface area contributed by atoms with Gasteiger partial charge in [-0.1, -0.05) is 35.4 Å². The van der Waals surface area contributed by atoms with Crippen LogP contribution in [0.5, 0.6) is 0 Å². The van der Waals surface area contributed by atoms with Gasteiger partial charge in [0.1, 0.15) is 0 Å². The van der Waals surface area contributed by atoms with Gasteiger partial charge in [-0.25, -0.2) is 0 Å². The van der Waals surface area contributed by atoms with E-state index in [1.807, 2.05) is 0 Å². The van der Waals surface area contributed by atoms with E-state index < -0.39 is 0 Å². The van der Waals surface area contributed by atoms with Gasteiger partial charge in [-0.2, -0.15) is 0 Å². The fourth-order valence-electron chi connectivity index (χ4n) is 3.59. The molecule has 0 aliphatic carbocycles. The summed E-state index contributed by atoms with van der Waals surface area (Å²) >= 11 is 0. The molecule has 0 atom stereocenters. The van der Waals surface area contributed by atoms with Crippen molar-refractivity contribution in [2.75, 3.05) is 36.8 Å². The Morgan fingerprint density at radius 3 is 1.11 bits per heavy atom. The van der Waals surface area contributed by atoms with Crippen LogP contribution in [-0.2, 0) is 19.8 Å². The van der Waals surface area contributed by atoms with Gasteiger partial charge >= 0.3 is 19.8 Å². The second-order valence-corrected chi connectivity index (χ2v) is 7.15. The van der Waals surface area contributed by atoms with Crippen molar-refractivity contribution >= 4 is 11.4 Å². The largest absolute Gasteiger partial charge is 2.00 e. The van der Waals surface area contributed by atoms with Crippen molar-refractivity contribution in [2.24, 2.45) is 0 Å². The molecule has 0 fully saturated rings. The first kappa shape index (κ1) is 29.4. The molecule has 0 saturated carbocycles. The molecule has 0 bridgehead atoms. The number of nitrogens with one attached hydrogen (secondary N) is 3. The maximum Gasteiger partial charge on any atom is 2.00 e. The minimum Gasteiger partial charge on any atom is -1.00 e. The zero-order valence-corrected chi connectivity index (χ0v) is 21.8. The number of hydrogen-bond donors (Lipinski definition) is 3. The molecule has 2 aromatic carbocycles. The molecule has 0 aliphatic rings. The first-order valence-electron chi connectivity index (χ1n) is 9.22. The van der Waals surface area contributed by atoms with Crippen LogP contribution in [0.15, 0.2) is 24.3 Å². The second-order valence-electron chi connectivity index (χ2n) is 7.15. The molecule has 158 valence electrons. The zero-order valence-electron chi connectivity index (χ0n) is 17.7. The van der Waals surface area contributed by atoms with Crippen LogP contribution in [-0.4, -0.2) is 26.2 Å². The first-order valence-corrected chi connectivity index (χ1v) is 9.22. The van der Waals surface area contributed by atoms with Gasteiger partial charge < -0.3 is 40.8 Å². The maximum atomic E-state index is 3.56. The number of rotatable bonds is 8. The van der Waals surface area contributed by atoms with Gasteiger partial charge in [0.15, 0.2) is 0 Å². The van der Waals surface area contributed by atoms with Crippen molar-refractivity contribution in [1.82, 2.24) is 5.32 Å². The summed E-state index contributed by atoms with van der Waals surface area (Å²) in [4.78, 5) is 0. The number of anilines is 2. The van der Waals surface area contributed by atoms with E-state index in [0.717, 1.165) is 26.2 Å². The van der Waals surface area contributed by atoms with Crippen LogP contribution in [0, 0.1) is 41.5 Å². The Morgan fingerprint density at radius 1 is 0.536 bits per heavy atom. The molecule has 0 aliphatic heterocycles. The number of aryl methyl sites for hydroxylation is 6. The van der Waals surface area contributed by atoms with Crippen LogP contribution >= 0.6 is 0 Å². The van der Waals surface area contributed by atoms with Crippen molar-refractivity contribution in [1.29, 1.82) is 0 Å². The van der Waals surface area contributed by atoms with Crippen molar-refractivity contribution in [3.05, 3.63) is 57.6 Å². The average Bonchev–Trinajstić information content (AvgIpc) is 2.50. The van der Waals surface area contributed by atoms with E-state index in [4.69, 9.17) is 0 Å². The molecule has 0 amide bonds. The fraction of sp³-hybridized carbons (Fsp3) is 0.455. The molecule has 3 nitrogen and oxygen atoms in total. The van der Waals surface area contributed by atoms with Gasteiger partial charge in [0.05, 0.1) is 0 Å². The van der Waals surface area contributed by atoms with Crippen molar-refractivity contribution in [3.8, 4) is 0 Å². The topological polar surface area (TPSA) is 36.1 Å². The molecule has 2 aromatic rings. The minimum absolute atomic E-state index is 0. The van der Waals surface area contributed by atoms with Gasteiger partial charge in [-0.15, -0.1) is 0 Å². The Balaban J connectivity index is 0. The molecule has 2 rings (SSSR count). The standard InChI is InChI=1S/C22H33N3.2ClH.Os/c1-15-11-17(3)21(18(4)12-15)24-9-7-23-8-10-25-22-19(5)13-16(2)14-20(22)6;;;/h11-14,23-25H,7-10H2,1-6H3;2*1H;/q;;;+2/p-2. The van der Waals surface area contributed by atoms with E-state index in [9.17, 15) is 0 Å². The van der Waals surface area contributed by atoms with Gasteiger partial charge in [-0.05, 0) is 63.8 Å². The van der Waals surface area contributed by atoms with Crippen molar-refractivity contribution in [2.45, 2.75) is 41.5 Å². The SMILES string of the molecule is Cc1cc(C)c(NCCNCCNc2c(C)cc(C)cc2C)c(C)c1.[Cl-].[Cl-].[Os+2]. The predicted octanol–water partition coefficient (Wildman–Crippen LogP) is -1.34. The van der Waals surface area contributed by atoms with Crippen LogP contribution in [0.25, 0.3) is 0 Å². The number of benzene rings is 2. The molecular formula is C22H33Cl2N3Os. The quantitative estimate of drug-likeness (QED) is 0.329. The third kappa shape index (κ3) is 8.70. The van der Waals surface area contributed by atoms with E-state index in [1.54, 1.807) is 0 Å². The summed E-state index contributed by atoms with van der Waals surface area (Å²) in [7, 11) is 0. The average molecular weight is 601 g/mol. The Bertz CT molecular complexity index is 628. The van der Waals surface area contributed by atoms with Gasteiger partial charge in [-0.3, -0.25) is 0 Å². The fourth-order valence-corrected chi connectivity index (χ4v) is 3.59. The Labute approximate surface area is 196 Å². The second kappa shape index (κ2) is 14.2. The molecule has 0 spiro atoms. The van der Waals surface area contributed by atoms with Gasteiger partial charge in [0, 0.05) is 37.6 Å². The summed E-state index contributed by atoms with van der Waals surface area (Å²) in [5.74, 6) is 0. The van der Waals surface area contributed by atoms with Gasteiger partial charge in [0.2, 0.25) is 0 Å². The molecule has 0 unspecified atom stereocenters. The zero-order chi connectivity index (χ0) is 18.4. The summed E-state index contributed by atoms with van der Waals surface area (Å²) in [5.41, 5.74) is 10.5. The normalized spacial score (nSPS) is 9.64. The third-order valence-electron chi connectivity index (χ3n) is 4.56. The van der Waals surface area contributed by atoms with Crippen LogP contribution < -0.4 is 40.8 Å².